The van der Waals surface area contributed by atoms with E-state index in [1.807, 2.05) is 0 Å². The van der Waals surface area contributed by atoms with Crippen LogP contribution in [0.1, 0.15) is 47.6 Å². The first-order chi connectivity index (χ1) is 18.8. The monoisotopic (exact) mass is 700 g/mol. The molecule has 6 rings (SSSR count). The van der Waals surface area contributed by atoms with E-state index in [4.69, 9.17) is 0 Å². The molecule has 0 atom stereocenters. The summed E-state index contributed by atoms with van der Waals surface area (Å²) in [6.07, 6.45) is 0. The molecule has 0 fully saturated rings. The summed E-state index contributed by atoms with van der Waals surface area (Å²) in [7, 11) is 0. The summed E-state index contributed by atoms with van der Waals surface area (Å²) < 4.78 is 0. The predicted octanol–water partition coefficient (Wildman–Crippen LogP) is 12.2. The first-order valence-electron chi connectivity index (χ1n) is 13.6. The molecule has 0 saturated carbocycles. The van der Waals surface area contributed by atoms with E-state index in [9.17, 15) is 0 Å². The summed E-state index contributed by atoms with van der Waals surface area (Å²) in [6, 6.07) is 37.6. The molecule has 0 aliphatic heterocycles. The van der Waals surface area contributed by atoms with Crippen molar-refractivity contribution in [3.63, 3.8) is 0 Å². The van der Waals surface area contributed by atoms with Crippen LogP contribution < -0.4 is 0 Å². The SMILES string of the molecule is CC(C)c1cc2c(-c3ccccc3)cccc2[cH-]1.Cc1ccc(C)c(-c2ccc(C)c3[cH-]c(C)cc23)c1.Cl.Cl.[CH3-].[CH3-].[Si]=[Zr]. The fourth-order valence-corrected chi connectivity index (χ4v) is 5.31. The molecule has 0 bridgehead atoms. The Labute approximate surface area is 290 Å². The Kier molecular flexibility index (Phi) is 17.6. The molecule has 6 aromatic carbocycles. The number of fused-ring (bicyclic) bond motifs is 2. The molecule has 0 nitrogen and oxygen atoms in total. The Bertz CT molecular complexity index is 1710. The fourth-order valence-electron chi connectivity index (χ4n) is 5.31. The van der Waals surface area contributed by atoms with Crippen LogP contribution in [-0.4, -0.2) is 6.88 Å². The van der Waals surface area contributed by atoms with Crippen molar-refractivity contribution in [3.05, 3.63) is 146 Å². The van der Waals surface area contributed by atoms with Gasteiger partial charge in [-0.25, -0.2) is 0 Å². The summed E-state index contributed by atoms with van der Waals surface area (Å²) >= 11 is 1.36. The molecule has 0 amide bonds. The molecule has 2 radical (unpaired) electrons. The number of hydrogen-bond donors (Lipinski definition) is 0. The van der Waals surface area contributed by atoms with Crippen LogP contribution in [0.25, 0.3) is 43.8 Å². The maximum atomic E-state index is 3.06. The van der Waals surface area contributed by atoms with Crippen molar-refractivity contribution in [1.82, 2.24) is 0 Å². The zero-order valence-electron chi connectivity index (χ0n) is 26.7. The molecular weight excluding hydrogens is 659 g/mol. The first-order valence-corrected chi connectivity index (χ1v) is 17.7. The van der Waals surface area contributed by atoms with E-state index < -0.39 is 0 Å². The third-order valence-corrected chi connectivity index (χ3v) is 7.46. The van der Waals surface area contributed by atoms with Crippen molar-refractivity contribution in [2.45, 2.75) is 47.5 Å². The van der Waals surface area contributed by atoms with Gasteiger partial charge in [0, 0.05) is 0 Å². The van der Waals surface area contributed by atoms with Crippen molar-refractivity contribution < 1.29 is 23.3 Å². The number of aryl methyl sites for hydroxylation is 4. The molecular formula is C39H44Cl2SiZr-4. The topological polar surface area (TPSA) is 0 Å². The minimum absolute atomic E-state index is 0. The molecule has 0 N–H and O–H groups in total. The summed E-state index contributed by atoms with van der Waals surface area (Å²) in [5.41, 5.74) is 12.1. The van der Waals surface area contributed by atoms with Gasteiger partial charge >= 0.3 is 30.2 Å². The summed E-state index contributed by atoms with van der Waals surface area (Å²) in [6.45, 7) is 16.3. The van der Waals surface area contributed by atoms with Gasteiger partial charge < -0.3 is 14.9 Å². The minimum atomic E-state index is 0. The maximum absolute atomic E-state index is 3.06. The molecule has 0 aliphatic carbocycles. The van der Waals surface area contributed by atoms with E-state index in [0.29, 0.717) is 5.92 Å². The number of hydrogen-bond acceptors (Lipinski definition) is 0. The Balaban J connectivity index is 0.000000714. The quantitative estimate of drug-likeness (QED) is 0.127. The third-order valence-electron chi connectivity index (χ3n) is 7.46. The van der Waals surface area contributed by atoms with Crippen LogP contribution in [0.5, 0.6) is 0 Å². The van der Waals surface area contributed by atoms with E-state index in [0.717, 1.165) is 0 Å². The number of rotatable bonds is 3. The zero-order valence-corrected chi connectivity index (χ0v) is 31.8. The zero-order chi connectivity index (χ0) is 28.1. The van der Waals surface area contributed by atoms with E-state index in [2.05, 4.69) is 152 Å². The summed E-state index contributed by atoms with van der Waals surface area (Å²) in [5.74, 6) is 0.584. The Morgan fingerprint density at radius 1 is 0.605 bits per heavy atom. The fraction of sp³-hybridized carbons (Fsp3) is 0.179. The van der Waals surface area contributed by atoms with Crippen molar-refractivity contribution in [2.24, 2.45) is 0 Å². The average molecular weight is 703 g/mol. The van der Waals surface area contributed by atoms with E-state index in [1.165, 1.54) is 95.0 Å². The average Bonchev–Trinajstić information content (AvgIpc) is 3.57. The van der Waals surface area contributed by atoms with Gasteiger partial charge in [-0.05, 0) is 36.5 Å². The van der Waals surface area contributed by atoms with Crippen LogP contribution in [0.4, 0.5) is 0 Å². The molecule has 0 spiro atoms. The molecule has 4 heteroatoms. The van der Waals surface area contributed by atoms with Gasteiger partial charge in [0.15, 0.2) is 0 Å². The van der Waals surface area contributed by atoms with Crippen molar-refractivity contribution in [2.75, 3.05) is 0 Å². The van der Waals surface area contributed by atoms with Gasteiger partial charge in [0.25, 0.3) is 0 Å². The molecule has 0 saturated heterocycles. The molecule has 43 heavy (non-hydrogen) atoms. The van der Waals surface area contributed by atoms with E-state index >= 15 is 0 Å². The van der Waals surface area contributed by atoms with Crippen LogP contribution in [0.2, 0.25) is 0 Å². The van der Waals surface area contributed by atoms with Crippen molar-refractivity contribution >= 4 is 53.2 Å². The van der Waals surface area contributed by atoms with Crippen molar-refractivity contribution in [1.29, 1.82) is 0 Å². The van der Waals surface area contributed by atoms with Gasteiger partial charge in [-0.15, -0.1) is 93.4 Å². The molecule has 0 aromatic heterocycles. The van der Waals surface area contributed by atoms with Crippen LogP contribution >= 0.6 is 24.8 Å². The van der Waals surface area contributed by atoms with Crippen LogP contribution in [0.3, 0.4) is 0 Å². The second-order valence-electron chi connectivity index (χ2n) is 10.7. The van der Waals surface area contributed by atoms with E-state index in [1.54, 1.807) is 0 Å². The number of benzene rings is 4. The molecule has 0 heterocycles. The summed E-state index contributed by atoms with van der Waals surface area (Å²) in [4.78, 5) is 0. The standard InChI is InChI=1S/C19H19.C18H17.2CH3.2ClH.Si.Zr/c1-12-5-6-14(3)17(9-12)16-8-7-15(4)18-10-13(2)11-19(16)18;1-13(2)16-11-15-9-6-10-17(18(15)12-16)14-7-4-3-5-8-14;;;;;;/h5-11H,1-4H3;3-13H,1-2H3;2*1H3;2*1H;;/q4*-1;;;;. The predicted molar refractivity (Wildman–Crippen MR) is 196 cm³/mol. The molecule has 0 unspecified atom stereocenters. The van der Waals surface area contributed by atoms with E-state index in [-0.39, 0.29) is 39.7 Å². The number of halogens is 2. The molecule has 226 valence electrons. The second kappa shape index (κ2) is 18.6. The Morgan fingerprint density at radius 3 is 1.91 bits per heavy atom. The Morgan fingerprint density at radius 2 is 1.26 bits per heavy atom. The van der Waals surface area contributed by atoms with Crippen molar-refractivity contribution in [3.8, 4) is 22.3 Å². The second-order valence-corrected chi connectivity index (χ2v) is 10.7. The van der Waals surface area contributed by atoms with Gasteiger partial charge in [-0.2, -0.15) is 12.1 Å². The first kappa shape index (κ1) is 40.8. The van der Waals surface area contributed by atoms with Crippen LogP contribution in [0, 0.1) is 42.5 Å². The van der Waals surface area contributed by atoms with Gasteiger partial charge in [0.05, 0.1) is 0 Å². The van der Waals surface area contributed by atoms with Crippen LogP contribution in [-0.2, 0) is 23.3 Å². The Hall–Kier alpha value is -2.22. The van der Waals surface area contributed by atoms with Gasteiger partial charge in [0.2, 0.25) is 0 Å². The normalized spacial score (nSPS) is 9.72. The van der Waals surface area contributed by atoms with Gasteiger partial charge in [-0.3, -0.25) is 0 Å². The van der Waals surface area contributed by atoms with Gasteiger partial charge in [-0.1, -0.05) is 105 Å². The molecule has 6 aromatic rings. The van der Waals surface area contributed by atoms with Crippen LogP contribution in [0.15, 0.2) is 103 Å². The van der Waals surface area contributed by atoms with Gasteiger partial charge in [0.1, 0.15) is 0 Å². The third kappa shape index (κ3) is 9.39. The summed E-state index contributed by atoms with van der Waals surface area (Å²) in [5, 5.41) is 5.48. The molecule has 0 aliphatic rings.